The zero-order valence-electron chi connectivity index (χ0n) is 11.5. The molecule has 0 aliphatic heterocycles. The summed E-state index contributed by atoms with van der Waals surface area (Å²) in [6.45, 7) is 4.25. The van der Waals surface area contributed by atoms with Gasteiger partial charge < -0.3 is 5.32 Å². The molecule has 0 bridgehead atoms. The van der Waals surface area contributed by atoms with Crippen LogP contribution >= 0.6 is 38.9 Å². The zero-order chi connectivity index (χ0) is 14.4. The van der Waals surface area contributed by atoms with Crippen molar-refractivity contribution < 1.29 is 0 Å². The second kappa shape index (κ2) is 8.18. The maximum atomic E-state index is 6.04. The summed E-state index contributed by atoms with van der Waals surface area (Å²) in [5, 5.41) is 3.54. The average Bonchev–Trinajstić information content (AvgIpc) is 2.84. The summed E-state index contributed by atoms with van der Waals surface area (Å²) < 4.78 is 2.05. The molecule has 0 fully saturated rings. The molecule has 4 heteroatoms. The Bertz CT molecular complexity index is 541. The minimum absolute atomic E-state index is 0.465. The Labute approximate surface area is 138 Å². The average molecular weight is 373 g/mol. The molecule has 0 spiro atoms. The van der Waals surface area contributed by atoms with Crippen molar-refractivity contribution in [2.24, 2.45) is 0 Å². The van der Waals surface area contributed by atoms with Crippen LogP contribution < -0.4 is 5.32 Å². The molecule has 1 N–H and O–H groups in total. The van der Waals surface area contributed by atoms with E-state index >= 15 is 0 Å². The number of halogens is 2. The SMILES string of the molecule is CCCNCC(Cc1ccc(Cl)s1)c1ccccc1Br. The van der Waals surface area contributed by atoms with Crippen molar-refractivity contribution in [1.29, 1.82) is 0 Å². The number of nitrogens with one attached hydrogen (secondary N) is 1. The maximum absolute atomic E-state index is 6.04. The Morgan fingerprint density at radius 3 is 2.70 bits per heavy atom. The van der Waals surface area contributed by atoms with Gasteiger partial charge in [-0.1, -0.05) is 52.7 Å². The first-order chi connectivity index (χ1) is 9.70. The number of hydrogen-bond donors (Lipinski definition) is 1. The molecule has 0 saturated heterocycles. The second-order valence-electron chi connectivity index (χ2n) is 4.83. The summed E-state index contributed by atoms with van der Waals surface area (Å²) in [5.41, 5.74) is 1.36. The van der Waals surface area contributed by atoms with Crippen molar-refractivity contribution in [2.75, 3.05) is 13.1 Å². The van der Waals surface area contributed by atoms with Gasteiger partial charge in [-0.25, -0.2) is 0 Å². The standard InChI is InChI=1S/C16H19BrClNS/c1-2-9-19-11-12(10-13-7-8-16(18)20-13)14-5-3-4-6-15(14)17/h3-8,12,19H,2,9-11H2,1H3. The summed E-state index contributed by atoms with van der Waals surface area (Å²) in [5.74, 6) is 0.465. The monoisotopic (exact) mass is 371 g/mol. The molecule has 1 aromatic heterocycles. The van der Waals surface area contributed by atoms with Crippen molar-refractivity contribution in [1.82, 2.24) is 5.32 Å². The van der Waals surface area contributed by atoms with Gasteiger partial charge in [-0.2, -0.15) is 0 Å². The van der Waals surface area contributed by atoms with Crippen LogP contribution in [0.15, 0.2) is 40.9 Å². The van der Waals surface area contributed by atoms with Crippen molar-refractivity contribution in [3.63, 3.8) is 0 Å². The first kappa shape index (κ1) is 16.0. The Hall–Kier alpha value is -0.350. The molecule has 1 heterocycles. The number of rotatable bonds is 7. The third kappa shape index (κ3) is 4.59. The van der Waals surface area contributed by atoms with Crippen LogP contribution in [-0.4, -0.2) is 13.1 Å². The molecule has 2 aromatic rings. The Kier molecular flexibility index (Phi) is 6.56. The highest BCUT2D eigenvalue weighted by Crippen LogP contribution is 2.31. The van der Waals surface area contributed by atoms with Gasteiger partial charge in [0.1, 0.15) is 0 Å². The fraction of sp³-hybridized carbons (Fsp3) is 0.375. The first-order valence-electron chi connectivity index (χ1n) is 6.90. The van der Waals surface area contributed by atoms with E-state index in [-0.39, 0.29) is 0 Å². The van der Waals surface area contributed by atoms with Gasteiger partial charge in [0.05, 0.1) is 4.34 Å². The Balaban J connectivity index is 2.13. The van der Waals surface area contributed by atoms with Gasteiger partial charge in [0.2, 0.25) is 0 Å². The lowest BCUT2D eigenvalue weighted by molar-refractivity contribution is 0.578. The topological polar surface area (TPSA) is 12.0 Å². The van der Waals surface area contributed by atoms with Crippen LogP contribution in [-0.2, 0) is 6.42 Å². The van der Waals surface area contributed by atoms with Gasteiger partial charge in [0.15, 0.2) is 0 Å². The minimum Gasteiger partial charge on any atom is -0.316 e. The lowest BCUT2D eigenvalue weighted by Crippen LogP contribution is -2.23. The summed E-state index contributed by atoms with van der Waals surface area (Å²) in [7, 11) is 0. The number of benzene rings is 1. The lowest BCUT2D eigenvalue weighted by Gasteiger charge is -2.19. The molecule has 0 radical (unpaired) electrons. The van der Waals surface area contributed by atoms with Crippen molar-refractivity contribution in [2.45, 2.75) is 25.7 Å². The zero-order valence-corrected chi connectivity index (χ0v) is 14.7. The summed E-state index contributed by atoms with van der Waals surface area (Å²) >= 11 is 11.4. The highest BCUT2D eigenvalue weighted by Gasteiger charge is 2.15. The molecule has 1 unspecified atom stereocenters. The van der Waals surface area contributed by atoms with Crippen LogP contribution in [0, 0.1) is 0 Å². The van der Waals surface area contributed by atoms with Crippen LogP contribution in [0.2, 0.25) is 4.34 Å². The predicted octanol–water partition coefficient (Wildman–Crippen LogP) is 5.49. The van der Waals surface area contributed by atoms with E-state index in [0.29, 0.717) is 5.92 Å². The molecule has 0 amide bonds. The van der Waals surface area contributed by atoms with Crippen LogP contribution in [0.1, 0.15) is 29.7 Å². The molecule has 20 heavy (non-hydrogen) atoms. The maximum Gasteiger partial charge on any atom is 0.0931 e. The lowest BCUT2D eigenvalue weighted by atomic mass is 9.95. The molecule has 1 atom stereocenters. The first-order valence-corrected chi connectivity index (χ1v) is 8.88. The van der Waals surface area contributed by atoms with Crippen LogP contribution in [0.4, 0.5) is 0 Å². The van der Waals surface area contributed by atoms with Crippen LogP contribution in [0.3, 0.4) is 0 Å². The van der Waals surface area contributed by atoms with Gasteiger partial charge in [-0.3, -0.25) is 0 Å². The molecule has 108 valence electrons. The second-order valence-corrected chi connectivity index (χ2v) is 7.49. The van der Waals surface area contributed by atoms with Gasteiger partial charge >= 0.3 is 0 Å². The molecule has 1 nitrogen and oxygen atoms in total. The molecule has 0 saturated carbocycles. The number of hydrogen-bond acceptors (Lipinski definition) is 2. The van der Waals surface area contributed by atoms with Crippen molar-refractivity contribution in [3.8, 4) is 0 Å². The highest BCUT2D eigenvalue weighted by atomic mass is 79.9. The van der Waals surface area contributed by atoms with Gasteiger partial charge in [0.25, 0.3) is 0 Å². The Morgan fingerprint density at radius 1 is 1.25 bits per heavy atom. The third-order valence-electron chi connectivity index (χ3n) is 3.24. The number of thiophene rings is 1. The predicted molar refractivity (Wildman–Crippen MR) is 93.1 cm³/mol. The van der Waals surface area contributed by atoms with Gasteiger partial charge in [-0.05, 0) is 43.1 Å². The van der Waals surface area contributed by atoms with E-state index in [1.165, 1.54) is 14.9 Å². The minimum atomic E-state index is 0.465. The molecule has 1 aromatic carbocycles. The normalized spacial score (nSPS) is 12.6. The van der Waals surface area contributed by atoms with Crippen LogP contribution in [0.25, 0.3) is 0 Å². The third-order valence-corrected chi connectivity index (χ3v) is 5.21. The summed E-state index contributed by atoms with van der Waals surface area (Å²) in [6.07, 6.45) is 2.18. The molecule has 0 aliphatic rings. The van der Waals surface area contributed by atoms with Crippen molar-refractivity contribution in [3.05, 3.63) is 55.6 Å². The van der Waals surface area contributed by atoms with E-state index in [1.807, 2.05) is 6.07 Å². The van der Waals surface area contributed by atoms with Crippen LogP contribution in [0.5, 0.6) is 0 Å². The molecular weight excluding hydrogens is 354 g/mol. The fourth-order valence-corrected chi connectivity index (χ4v) is 4.03. The van der Waals surface area contributed by atoms with E-state index < -0.39 is 0 Å². The highest BCUT2D eigenvalue weighted by molar-refractivity contribution is 9.10. The molecule has 0 aliphatic carbocycles. The van der Waals surface area contributed by atoms with E-state index in [1.54, 1.807) is 11.3 Å². The van der Waals surface area contributed by atoms with Gasteiger partial charge in [0, 0.05) is 21.8 Å². The smallest absolute Gasteiger partial charge is 0.0931 e. The largest absolute Gasteiger partial charge is 0.316 e. The van der Waals surface area contributed by atoms with E-state index in [2.05, 4.69) is 58.5 Å². The van der Waals surface area contributed by atoms with E-state index in [0.717, 1.165) is 30.3 Å². The quantitative estimate of drug-likeness (QED) is 0.634. The molecule has 2 rings (SSSR count). The van der Waals surface area contributed by atoms with Gasteiger partial charge in [-0.15, -0.1) is 11.3 Å². The molecular formula is C16H19BrClNS. The van der Waals surface area contributed by atoms with E-state index in [4.69, 9.17) is 11.6 Å². The Morgan fingerprint density at radius 2 is 2.05 bits per heavy atom. The fourth-order valence-electron chi connectivity index (χ4n) is 2.26. The summed E-state index contributed by atoms with van der Waals surface area (Å²) in [4.78, 5) is 1.34. The summed E-state index contributed by atoms with van der Waals surface area (Å²) in [6, 6.07) is 12.6. The van der Waals surface area contributed by atoms with E-state index in [9.17, 15) is 0 Å². The van der Waals surface area contributed by atoms with Crippen molar-refractivity contribution >= 4 is 38.9 Å².